The lowest BCUT2D eigenvalue weighted by atomic mass is 9.86. The van der Waals surface area contributed by atoms with Crippen LogP contribution in [0, 0.1) is 0 Å². The minimum Gasteiger partial charge on any atom is -0.465 e. The van der Waals surface area contributed by atoms with Gasteiger partial charge in [-0.15, -0.1) is 0 Å². The molecule has 1 amide bonds. The van der Waals surface area contributed by atoms with E-state index in [9.17, 15) is 14.7 Å². The van der Waals surface area contributed by atoms with Crippen LogP contribution in [0.5, 0.6) is 0 Å². The number of thiophene rings is 1. The standard InChI is InChI=1S/C14H19NO5S/c1-13(2,3)20-12(17)15-7-14(18,8-15)10-6-21-5-9(10)11(16)19-4/h5-6,18H,7-8H2,1-4H3. The zero-order valence-electron chi connectivity index (χ0n) is 12.5. The summed E-state index contributed by atoms with van der Waals surface area (Å²) in [6.07, 6.45) is -0.470. The van der Waals surface area contributed by atoms with E-state index in [0.717, 1.165) is 0 Å². The molecule has 1 fully saturated rings. The van der Waals surface area contributed by atoms with Crippen LogP contribution in [-0.4, -0.2) is 47.9 Å². The maximum atomic E-state index is 11.9. The lowest BCUT2D eigenvalue weighted by Gasteiger charge is -2.46. The Labute approximate surface area is 127 Å². The summed E-state index contributed by atoms with van der Waals surface area (Å²) in [4.78, 5) is 24.9. The van der Waals surface area contributed by atoms with E-state index in [4.69, 9.17) is 9.47 Å². The molecule has 0 aliphatic carbocycles. The van der Waals surface area contributed by atoms with Crippen molar-refractivity contribution in [3.8, 4) is 0 Å². The maximum absolute atomic E-state index is 11.9. The average molecular weight is 313 g/mol. The number of amides is 1. The summed E-state index contributed by atoms with van der Waals surface area (Å²) >= 11 is 1.31. The Morgan fingerprint density at radius 2 is 1.95 bits per heavy atom. The normalized spacial score (nSPS) is 17.1. The van der Waals surface area contributed by atoms with E-state index in [1.165, 1.54) is 23.3 Å². The molecule has 1 N–H and O–H groups in total. The number of hydrogen-bond donors (Lipinski definition) is 1. The van der Waals surface area contributed by atoms with Gasteiger partial charge in [-0.1, -0.05) is 0 Å². The monoisotopic (exact) mass is 313 g/mol. The van der Waals surface area contributed by atoms with Gasteiger partial charge in [-0.3, -0.25) is 0 Å². The summed E-state index contributed by atoms with van der Waals surface area (Å²) in [5, 5.41) is 13.9. The topological polar surface area (TPSA) is 76.1 Å². The van der Waals surface area contributed by atoms with Crippen molar-refractivity contribution in [3.63, 3.8) is 0 Å². The highest BCUT2D eigenvalue weighted by atomic mass is 32.1. The van der Waals surface area contributed by atoms with Gasteiger partial charge in [-0.25, -0.2) is 9.59 Å². The first kappa shape index (κ1) is 15.8. The lowest BCUT2D eigenvalue weighted by molar-refractivity contribution is -0.103. The van der Waals surface area contributed by atoms with Crippen LogP contribution in [-0.2, 0) is 15.1 Å². The highest BCUT2D eigenvalue weighted by Gasteiger charge is 2.48. The van der Waals surface area contributed by atoms with Crippen molar-refractivity contribution in [2.24, 2.45) is 0 Å². The number of carbonyl (C=O) groups is 2. The van der Waals surface area contributed by atoms with Gasteiger partial charge in [-0.05, 0) is 26.2 Å². The number of β-amino-alcohol motifs (C(OH)–C–C–N with tert-alkyl or cyclic N) is 1. The third-order valence-corrected chi connectivity index (χ3v) is 3.87. The molecule has 7 heteroatoms. The van der Waals surface area contributed by atoms with Gasteiger partial charge in [-0.2, -0.15) is 11.3 Å². The third kappa shape index (κ3) is 3.19. The quantitative estimate of drug-likeness (QED) is 0.845. The molecular formula is C14H19NO5S. The van der Waals surface area contributed by atoms with E-state index < -0.39 is 23.3 Å². The number of aliphatic hydroxyl groups is 1. The number of esters is 1. The molecule has 0 radical (unpaired) electrons. The van der Waals surface area contributed by atoms with Gasteiger partial charge in [0.1, 0.15) is 11.2 Å². The van der Waals surface area contributed by atoms with Gasteiger partial charge < -0.3 is 19.5 Å². The fourth-order valence-corrected chi connectivity index (χ4v) is 3.05. The van der Waals surface area contributed by atoms with Crippen molar-refractivity contribution in [1.29, 1.82) is 0 Å². The minimum absolute atomic E-state index is 0.0998. The number of carbonyl (C=O) groups excluding carboxylic acids is 2. The minimum atomic E-state index is -1.22. The smallest absolute Gasteiger partial charge is 0.410 e. The zero-order valence-corrected chi connectivity index (χ0v) is 13.3. The largest absolute Gasteiger partial charge is 0.465 e. The van der Waals surface area contributed by atoms with Crippen molar-refractivity contribution < 1.29 is 24.2 Å². The van der Waals surface area contributed by atoms with Crippen molar-refractivity contribution in [1.82, 2.24) is 4.90 Å². The molecule has 0 spiro atoms. The predicted octanol–water partition coefficient (Wildman–Crippen LogP) is 1.97. The number of nitrogens with zero attached hydrogens (tertiary/aromatic N) is 1. The summed E-state index contributed by atoms with van der Waals surface area (Å²) in [6, 6.07) is 0. The average Bonchev–Trinajstić information content (AvgIpc) is 2.81. The SMILES string of the molecule is COC(=O)c1cscc1C1(O)CN(C(=O)OC(C)(C)C)C1. The molecule has 21 heavy (non-hydrogen) atoms. The fourth-order valence-electron chi connectivity index (χ4n) is 2.14. The van der Waals surface area contributed by atoms with Crippen molar-refractivity contribution >= 4 is 23.4 Å². The van der Waals surface area contributed by atoms with Gasteiger partial charge in [0.05, 0.1) is 25.8 Å². The number of methoxy groups -OCH3 is 1. The van der Waals surface area contributed by atoms with Crippen LogP contribution in [0.4, 0.5) is 4.79 Å². The van der Waals surface area contributed by atoms with Crippen LogP contribution in [0.3, 0.4) is 0 Å². The number of likely N-dealkylation sites (tertiary alicyclic amines) is 1. The van der Waals surface area contributed by atoms with Gasteiger partial charge in [0.2, 0.25) is 0 Å². The molecule has 1 aromatic heterocycles. The van der Waals surface area contributed by atoms with E-state index in [1.807, 2.05) is 0 Å². The second kappa shape index (κ2) is 5.31. The number of ether oxygens (including phenoxy) is 2. The summed E-state index contributed by atoms with van der Waals surface area (Å²) in [7, 11) is 1.29. The van der Waals surface area contributed by atoms with Gasteiger partial charge >= 0.3 is 12.1 Å². The molecule has 1 aliphatic heterocycles. The van der Waals surface area contributed by atoms with E-state index in [-0.39, 0.29) is 13.1 Å². The molecule has 116 valence electrons. The molecule has 0 aromatic carbocycles. The maximum Gasteiger partial charge on any atom is 0.410 e. The van der Waals surface area contributed by atoms with Crippen molar-refractivity contribution in [2.45, 2.75) is 32.0 Å². The fraction of sp³-hybridized carbons (Fsp3) is 0.571. The van der Waals surface area contributed by atoms with Crippen LogP contribution >= 0.6 is 11.3 Å². The molecule has 6 nitrogen and oxygen atoms in total. The first-order chi connectivity index (χ1) is 9.66. The van der Waals surface area contributed by atoms with Crippen LogP contribution in [0.15, 0.2) is 10.8 Å². The van der Waals surface area contributed by atoms with Gasteiger partial charge in [0.25, 0.3) is 0 Å². The first-order valence-electron chi connectivity index (χ1n) is 6.51. The summed E-state index contributed by atoms with van der Waals surface area (Å²) < 4.78 is 9.93. The Morgan fingerprint density at radius 3 is 2.48 bits per heavy atom. The molecule has 2 heterocycles. The molecule has 0 saturated carbocycles. The van der Waals surface area contributed by atoms with Crippen molar-refractivity contribution in [3.05, 3.63) is 21.9 Å². The molecule has 0 unspecified atom stereocenters. The van der Waals surface area contributed by atoms with E-state index in [0.29, 0.717) is 11.1 Å². The molecular weight excluding hydrogens is 294 g/mol. The molecule has 2 rings (SSSR count). The lowest BCUT2D eigenvalue weighted by Crippen LogP contribution is -2.62. The van der Waals surface area contributed by atoms with Gasteiger partial charge in [0.15, 0.2) is 0 Å². The highest BCUT2D eigenvalue weighted by Crippen LogP contribution is 2.36. The molecule has 1 aliphatic rings. The summed E-state index contributed by atoms with van der Waals surface area (Å²) in [6.45, 7) is 5.55. The van der Waals surface area contributed by atoms with Crippen LogP contribution in [0.25, 0.3) is 0 Å². The van der Waals surface area contributed by atoms with Crippen molar-refractivity contribution in [2.75, 3.05) is 20.2 Å². The Bertz CT molecular complexity index is 554. The zero-order chi connectivity index (χ0) is 15.8. The third-order valence-electron chi connectivity index (χ3n) is 3.13. The second-order valence-electron chi connectivity index (χ2n) is 6.06. The molecule has 0 atom stereocenters. The Morgan fingerprint density at radius 1 is 1.33 bits per heavy atom. The molecule has 1 saturated heterocycles. The Hall–Kier alpha value is -1.60. The first-order valence-corrected chi connectivity index (χ1v) is 7.46. The molecule has 1 aromatic rings. The highest BCUT2D eigenvalue weighted by molar-refractivity contribution is 7.08. The van der Waals surface area contributed by atoms with Gasteiger partial charge in [0, 0.05) is 10.9 Å². The Balaban J connectivity index is 2.07. The molecule has 0 bridgehead atoms. The Kier molecular flexibility index (Phi) is 3.99. The van der Waals surface area contributed by atoms with E-state index in [1.54, 1.807) is 31.5 Å². The summed E-state index contributed by atoms with van der Waals surface area (Å²) in [5.74, 6) is -0.490. The summed E-state index contributed by atoms with van der Waals surface area (Å²) in [5.41, 5.74) is -0.960. The van der Waals surface area contributed by atoms with Crippen LogP contribution < -0.4 is 0 Å². The van der Waals surface area contributed by atoms with Crippen LogP contribution in [0.2, 0.25) is 0 Å². The predicted molar refractivity (Wildman–Crippen MR) is 77.4 cm³/mol. The van der Waals surface area contributed by atoms with Crippen LogP contribution in [0.1, 0.15) is 36.7 Å². The van der Waals surface area contributed by atoms with E-state index >= 15 is 0 Å². The van der Waals surface area contributed by atoms with E-state index in [2.05, 4.69) is 0 Å². The second-order valence-corrected chi connectivity index (χ2v) is 6.80. The number of rotatable bonds is 2. The number of hydrogen-bond acceptors (Lipinski definition) is 6.